The Morgan fingerprint density at radius 3 is 2.18 bits per heavy atom. The molecule has 0 spiro atoms. The first-order valence-electron chi connectivity index (χ1n) is 5.82. The van der Waals surface area contributed by atoms with E-state index in [0.717, 1.165) is 24.5 Å². The van der Waals surface area contributed by atoms with Crippen LogP contribution in [0, 0.1) is 0 Å². The van der Waals surface area contributed by atoms with E-state index >= 15 is 0 Å². The van der Waals surface area contributed by atoms with Crippen LogP contribution in [0.25, 0.3) is 0 Å². The van der Waals surface area contributed by atoms with Gasteiger partial charge in [0.2, 0.25) is 0 Å². The zero-order chi connectivity index (χ0) is 16.3. The van der Waals surface area contributed by atoms with Crippen LogP contribution >= 0.6 is 0 Å². The van der Waals surface area contributed by atoms with Gasteiger partial charge in [-0.15, -0.1) is 0 Å². The number of carboxylic acid groups (broad SMARTS) is 2. The lowest BCUT2D eigenvalue weighted by Gasteiger charge is -2.07. The largest absolute Gasteiger partial charge is 0.507 e. The summed E-state index contributed by atoms with van der Waals surface area (Å²) in [7, 11) is 0. The molecule has 2 aromatic rings. The fourth-order valence-corrected chi connectivity index (χ4v) is 1.64. The summed E-state index contributed by atoms with van der Waals surface area (Å²) in [5.74, 6) is -4.13. The molecule has 2 rings (SSSR count). The van der Waals surface area contributed by atoms with Crippen molar-refractivity contribution in [1.29, 1.82) is 0 Å². The minimum Gasteiger partial charge on any atom is -0.507 e. The van der Waals surface area contributed by atoms with Gasteiger partial charge in [0.15, 0.2) is 11.4 Å². The zero-order valence-corrected chi connectivity index (χ0v) is 10.8. The lowest BCUT2D eigenvalue weighted by atomic mass is 10.1. The summed E-state index contributed by atoms with van der Waals surface area (Å²) in [6.07, 6.45) is 2.28. The third-order valence-corrected chi connectivity index (χ3v) is 2.60. The Bertz CT molecular complexity index is 774. The molecule has 22 heavy (non-hydrogen) atoms. The van der Waals surface area contributed by atoms with Crippen LogP contribution in [0.3, 0.4) is 0 Å². The van der Waals surface area contributed by atoms with Gasteiger partial charge in [-0.1, -0.05) is 0 Å². The van der Waals surface area contributed by atoms with E-state index < -0.39 is 40.5 Å². The summed E-state index contributed by atoms with van der Waals surface area (Å²) < 4.78 is 0. The van der Waals surface area contributed by atoms with Gasteiger partial charge in [-0.3, -0.25) is 4.79 Å². The van der Waals surface area contributed by atoms with Crippen LogP contribution in [-0.2, 0) is 0 Å². The summed E-state index contributed by atoms with van der Waals surface area (Å²) >= 11 is 0. The number of nitrogens with one attached hydrogen (secondary N) is 1. The zero-order valence-electron chi connectivity index (χ0n) is 10.8. The van der Waals surface area contributed by atoms with Crippen LogP contribution in [0.15, 0.2) is 30.6 Å². The average Bonchev–Trinajstić information content (AvgIpc) is 2.48. The van der Waals surface area contributed by atoms with Crippen molar-refractivity contribution in [3.05, 3.63) is 47.5 Å². The summed E-state index contributed by atoms with van der Waals surface area (Å²) in [5.41, 5.74) is -1.30. The van der Waals surface area contributed by atoms with E-state index in [2.05, 4.69) is 15.3 Å². The first kappa shape index (κ1) is 14.9. The minimum absolute atomic E-state index is 0.0576. The van der Waals surface area contributed by atoms with Gasteiger partial charge >= 0.3 is 11.9 Å². The number of phenols is 1. The average molecular weight is 303 g/mol. The molecule has 0 aliphatic rings. The molecule has 0 aliphatic carbocycles. The van der Waals surface area contributed by atoms with E-state index in [1.54, 1.807) is 0 Å². The van der Waals surface area contributed by atoms with Crippen LogP contribution in [0.4, 0.5) is 5.69 Å². The highest BCUT2D eigenvalue weighted by molar-refractivity contribution is 6.08. The van der Waals surface area contributed by atoms with Gasteiger partial charge in [0.05, 0.1) is 0 Å². The number of hydrogen-bond acceptors (Lipinski definition) is 6. The van der Waals surface area contributed by atoms with Crippen molar-refractivity contribution in [1.82, 2.24) is 9.97 Å². The number of nitrogens with zero attached hydrogens (tertiary/aromatic N) is 2. The van der Waals surface area contributed by atoms with Gasteiger partial charge in [-0.05, 0) is 18.2 Å². The maximum atomic E-state index is 12.0. The number of rotatable bonds is 4. The molecule has 9 heteroatoms. The van der Waals surface area contributed by atoms with Gasteiger partial charge in [0.25, 0.3) is 5.91 Å². The third kappa shape index (κ3) is 2.98. The van der Waals surface area contributed by atoms with Crippen molar-refractivity contribution < 1.29 is 29.7 Å². The highest BCUT2D eigenvalue weighted by Crippen LogP contribution is 2.21. The van der Waals surface area contributed by atoms with Crippen LogP contribution < -0.4 is 5.32 Å². The van der Waals surface area contributed by atoms with Crippen molar-refractivity contribution in [2.75, 3.05) is 5.32 Å². The number of carboxylic acids is 2. The highest BCUT2D eigenvalue weighted by atomic mass is 16.4. The molecule has 0 bridgehead atoms. The Kier molecular flexibility index (Phi) is 3.98. The van der Waals surface area contributed by atoms with E-state index in [9.17, 15) is 19.5 Å². The first-order chi connectivity index (χ1) is 10.4. The number of carbonyl (C=O) groups excluding carboxylic acids is 1. The second kappa shape index (κ2) is 5.87. The molecule has 9 nitrogen and oxygen atoms in total. The van der Waals surface area contributed by atoms with Crippen LogP contribution in [-0.4, -0.2) is 43.1 Å². The molecule has 0 fully saturated rings. The maximum absolute atomic E-state index is 12.0. The summed E-state index contributed by atoms with van der Waals surface area (Å²) in [5, 5.41) is 29.5. The van der Waals surface area contributed by atoms with E-state index in [4.69, 9.17) is 10.2 Å². The standard InChI is InChI=1S/C13H9N3O6/c17-8-2-1-6(5-7(8)12(19)20)16-11(18)9-10(13(21)22)15-4-3-14-9/h1-5,17H,(H,16,18)(H,19,20)(H,21,22). The van der Waals surface area contributed by atoms with Crippen molar-refractivity contribution in [3.63, 3.8) is 0 Å². The fraction of sp³-hybridized carbons (Fsp3) is 0. The number of carbonyl (C=O) groups is 3. The number of hydrogen-bond donors (Lipinski definition) is 4. The van der Waals surface area contributed by atoms with E-state index in [-0.39, 0.29) is 5.69 Å². The van der Waals surface area contributed by atoms with Crippen LogP contribution in [0.5, 0.6) is 5.75 Å². The molecule has 4 N–H and O–H groups in total. The summed E-state index contributed by atoms with van der Waals surface area (Å²) in [6, 6.07) is 3.39. The summed E-state index contributed by atoms with van der Waals surface area (Å²) in [4.78, 5) is 41.1. The van der Waals surface area contributed by atoms with Crippen LogP contribution in [0.1, 0.15) is 31.3 Å². The molecular formula is C13H9N3O6. The van der Waals surface area contributed by atoms with Gasteiger partial charge in [0, 0.05) is 18.1 Å². The first-order valence-corrected chi connectivity index (χ1v) is 5.82. The smallest absolute Gasteiger partial charge is 0.356 e. The summed E-state index contributed by atoms with van der Waals surface area (Å²) in [6.45, 7) is 0. The lowest BCUT2D eigenvalue weighted by Crippen LogP contribution is -2.19. The second-order valence-electron chi connectivity index (χ2n) is 4.05. The number of aromatic carboxylic acids is 2. The molecule has 0 aliphatic heterocycles. The van der Waals surface area contributed by atoms with E-state index in [0.29, 0.717) is 0 Å². The van der Waals surface area contributed by atoms with Crippen LogP contribution in [0.2, 0.25) is 0 Å². The van der Waals surface area contributed by atoms with Gasteiger partial charge in [0.1, 0.15) is 11.3 Å². The highest BCUT2D eigenvalue weighted by Gasteiger charge is 2.20. The molecule has 1 amide bonds. The van der Waals surface area contributed by atoms with Gasteiger partial charge in [-0.2, -0.15) is 0 Å². The molecule has 0 unspecified atom stereocenters. The quantitative estimate of drug-likeness (QED) is 0.606. The van der Waals surface area contributed by atoms with Gasteiger partial charge in [-0.25, -0.2) is 19.6 Å². The molecule has 0 atom stereocenters. The Morgan fingerprint density at radius 1 is 0.955 bits per heavy atom. The lowest BCUT2D eigenvalue weighted by molar-refractivity contribution is 0.0678. The Labute approximate surface area is 122 Å². The Morgan fingerprint density at radius 2 is 1.59 bits per heavy atom. The normalized spacial score (nSPS) is 10.0. The monoisotopic (exact) mass is 303 g/mol. The van der Waals surface area contributed by atoms with E-state index in [1.165, 1.54) is 6.07 Å². The third-order valence-electron chi connectivity index (χ3n) is 2.60. The maximum Gasteiger partial charge on any atom is 0.356 e. The molecule has 1 aromatic heterocycles. The molecule has 0 saturated heterocycles. The molecule has 1 heterocycles. The van der Waals surface area contributed by atoms with Crippen molar-refractivity contribution in [2.24, 2.45) is 0 Å². The number of anilines is 1. The predicted octanol–water partition coefficient (Wildman–Crippen LogP) is 0.831. The topological polar surface area (TPSA) is 150 Å². The molecule has 0 saturated carbocycles. The number of aromatic hydroxyl groups is 1. The van der Waals surface area contributed by atoms with Crippen molar-refractivity contribution in [3.8, 4) is 5.75 Å². The van der Waals surface area contributed by atoms with E-state index in [1.807, 2.05) is 0 Å². The second-order valence-corrected chi connectivity index (χ2v) is 4.05. The molecular weight excluding hydrogens is 294 g/mol. The van der Waals surface area contributed by atoms with Crippen molar-refractivity contribution >= 4 is 23.5 Å². The number of amides is 1. The Balaban J connectivity index is 2.32. The van der Waals surface area contributed by atoms with Gasteiger partial charge < -0.3 is 20.6 Å². The SMILES string of the molecule is O=C(O)c1cc(NC(=O)c2nccnc2C(=O)O)ccc1O. The molecule has 112 valence electrons. The molecule has 0 radical (unpaired) electrons. The fourth-order valence-electron chi connectivity index (χ4n) is 1.64. The predicted molar refractivity (Wildman–Crippen MR) is 72.0 cm³/mol. The number of benzene rings is 1. The number of aromatic nitrogens is 2. The van der Waals surface area contributed by atoms with Crippen molar-refractivity contribution in [2.45, 2.75) is 0 Å². The minimum atomic E-state index is -1.42. The molecule has 1 aromatic carbocycles. The Hall–Kier alpha value is -3.49.